The van der Waals surface area contributed by atoms with Gasteiger partial charge in [0.25, 0.3) is 0 Å². The van der Waals surface area contributed by atoms with Crippen molar-refractivity contribution in [3.8, 4) is 0 Å². The maximum atomic E-state index is 12.6. The summed E-state index contributed by atoms with van der Waals surface area (Å²) < 4.78 is 48.6. The molecule has 2 aliphatic heterocycles. The number of carbonyl (C=O) groups excluding carboxylic acids is 1. The van der Waals surface area contributed by atoms with Crippen molar-refractivity contribution in [2.24, 2.45) is 0 Å². The molecule has 0 unspecified atom stereocenters. The Hall–Kier alpha value is -1.64. The highest BCUT2D eigenvalue weighted by atomic mass is 19.4. The smallest absolute Gasteiger partial charge is 0.383 e. The van der Waals surface area contributed by atoms with E-state index in [2.05, 4.69) is 4.90 Å². The van der Waals surface area contributed by atoms with Crippen LogP contribution < -0.4 is 0 Å². The summed E-state index contributed by atoms with van der Waals surface area (Å²) in [5.74, 6) is -0.0466. The molecule has 3 rings (SSSR count). The Labute approximate surface area is 144 Å². The maximum absolute atomic E-state index is 12.6. The lowest BCUT2D eigenvalue weighted by atomic mass is 10.1. The number of amides is 1. The minimum atomic E-state index is -4.32. The fraction of sp³-hybridized carbons (Fsp3) is 0.588. The number of ether oxygens (including phenoxy) is 2. The Kier molecular flexibility index (Phi) is 5.31. The number of hydrogen-bond donors (Lipinski definition) is 0. The largest absolute Gasteiger partial charge is 0.416 e. The second-order valence-corrected chi connectivity index (χ2v) is 6.39. The number of hydrogen-bond acceptors (Lipinski definition) is 4. The van der Waals surface area contributed by atoms with Gasteiger partial charge in [0.1, 0.15) is 6.61 Å². The third kappa shape index (κ3) is 4.13. The fourth-order valence-electron chi connectivity index (χ4n) is 3.41. The zero-order valence-electron chi connectivity index (χ0n) is 14.0. The fourth-order valence-corrected chi connectivity index (χ4v) is 3.41. The minimum Gasteiger partial charge on any atom is -0.383 e. The molecule has 1 amide bonds. The van der Waals surface area contributed by atoms with Crippen LogP contribution in [0.5, 0.6) is 0 Å². The van der Waals surface area contributed by atoms with E-state index in [1.807, 2.05) is 0 Å². The van der Waals surface area contributed by atoms with Gasteiger partial charge in [0.05, 0.1) is 24.3 Å². The molecule has 0 aliphatic carbocycles. The molecule has 1 aromatic rings. The lowest BCUT2D eigenvalue weighted by Crippen LogP contribution is -2.54. The molecule has 2 fully saturated rings. The molecule has 1 aromatic carbocycles. The number of carbonyl (C=O) groups is 1. The third-order valence-electron chi connectivity index (χ3n) is 4.68. The quantitative estimate of drug-likeness (QED) is 0.805. The summed E-state index contributed by atoms with van der Waals surface area (Å²) in [5, 5.41) is 0. The van der Waals surface area contributed by atoms with Crippen LogP contribution in [-0.2, 0) is 27.0 Å². The summed E-state index contributed by atoms with van der Waals surface area (Å²) in [5.41, 5.74) is 0.160. The first-order valence-electron chi connectivity index (χ1n) is 8.17. The number of fused-ring (bicyclic) bond motifs is 1. The summed E-state index contributed by atoms with van der Waals surface area (Å²) in [4.78, 5) is 16.0. The normalized spacial score (nSPS) is 24.6. The van der Waals surface area contributed by atoms with Gasteiger partial charge in [0.2, 0.25) is 5.91 Å². The van der Waals surface area contributed by atoms with E-state index in [1.165, 1.54) is 12.1 Å². The summed E-state index contributed by atoms with van der Waals surface area (Å²) in [6, 6.07) is 5.16. The van der Waals surface area contributed by atoms with Gasteiger partial charge >= 0.3 is 6.18 Å². The Morgan fingerprint density at radius 3 is 2.60 bits per heavy atom. The van der Waals surface area contributed by atoms with Crippen LogP contribution in [-0.4, -0.2) is 67.8 Å². The van der Waals surface area contributed by atoms with E-state index < -0.39 is 11.7 Å². The highest BCUT2D eigenvalue weighted by molar-refractivity contribution is 5.78. The van der Waals surface area contributed by atoms with Gasteiger partial charge in [-0.2, -0.15) is 13.2 Å². The highest BCUT2D eigenvalue weighted by Crippen LogP contribution is 2.30. The Balaban J connectivity index is 1.63. The van der Waals surface area contributed by atoms with Crippen molar-refractivity contribution < 1.29 is 27.4 Å². The molecule has 2 atom stereocenters. The summed E-state index contributed by atoms with van der Waals surface area (Å²) in [7, 11) is 1.59. The van der Waals surface area contributed by atoms with Gasteiger partial charge in [-0.15, -0.1) is 0 Å². The van der Waals surface area contributed by atoms with Crippen molar-refractivity contribution in [3.63, 3.8) is 0 Å². The van der Waals surface area contributed by atoms with Crippen molar-refractivity contribution in [1.29, 1.82) is 0 Å². The number of benzene rings is 1. The van der Waals surface area contributed by atoms with Crippen molar-refractivity contribution in [2.45, 2.75) is 24.9 Å². The molecule has 0 spiro atoms. The van der Waals surface area contributed by atoms with Gasteiger partial charge < -0.3 is 14.4 Å². The summed E-state index contributed by atoms with van der Waals surface area (Å²) in [6.45, 7) is 2.88. The van der Waals surface area contributed by atoms with Crippen molar-refractivity contribution in [2.75, 3.05) is 40.0 Å². The number of methoxy groups -OCH3 is 1. The molecule has 0 N–H and O–H groups in total. The van der Waals surface area contributed by atoms with Crippen LogP contribution in [0.25, 0.3) is 0 Å². The molecule has 5 nitrogen and oxygen atoms in total. The van der Waals surface area contributed by atoms with Gasteiger partial charge in [-0.3, -0.25) is 9.69 Å². The first-order chi connectivity index (χ1) is 11.9. The molecule has 2 saturated heterocycles. The standard InChI is InChI=1S/C17H21F3N2O3/c1-24-7-6-22-14-9-21(10-15(14)25-11-16(22)23)8-12-2-4-13(5-3-12)17(18,19)20/h2-5,14-15H,6-11H2,1H3/t14-,15+/m1/s1. The predicted octanol–water partition coefficient (Wildman–Crippen LogP) is 1.76. The van der Waals surface area contributed by atoms with E-state index in [4.69, 9.17) is 9.47 Å². The van der Waals surface area contributed by atoms with E-state index in [0.717, 1.165) is 17.7 Å². The number of nitrogens with zero attached hydrogens (tertiary/aromatic N) is 2. The molecule has 0 saturated carbocycles. The SMILES string of the molecule is COCCN1C(=O)CO[C@H]2CN(Cc3ccc(C(F)(F)F)cc3)C[C@H]21. The van der Waals surface area contributed by atoms with E-state index >= 15 is 0 Å². The van der Waals surface area contributed by atoms with Crippen LogP contribution in [0.4, 0.5) is 13.2 Å². The average molecular weight is 358 g/mol. The molecule has 0 bridgehead atoms. The maximum Gasteiger partial charge on any atom is 0.416 e. The predicted molar refractivity (Wildman–Crippen MR) is 83.8 cm³/mol. The topological polar surface area (TPSA) is 42.0 Å². The molecular weight excluding hydrogens is 337 g/mol. The lowest BCUT2D eigenvalue weighted by molar-refractivity contribution is -0.153. The molecular formula is C17H21F3N2O3. The van der Waals surface area contributed by atoms with Crippen LogP contribution in [0, 0.1) is 0 Å². The van der Waals surface area contributed by atoms with Crippen molar-refractivity contribution in [3.05, 3.63) is 35.4 Å². The van der Waals surface area contributed by atoms with Crippen LogP contribution in [0.1, 0.15) is 11.1 Å². The molecule has 138 valence electrons. The van der Waals surface area contributed by atoms with Crippen LogP contribution in [0.3, 0.4) is 0 Å². The van der Waals surface area contributed by atoms with Gasteiger partial charge in [-0.1, -0.05) is 12.1 Å². The Bertz CT molecular complexity index is 606. The van der Waals surface area contributed by atoms with Gasteiger partial charge in [-0.05, 0) is 17.7 Å². The van der Waals surface area contributed by atoms with E-state index in [9.17, 15) is 18.0 Å². The zero-order chi connectivity index (χ0) is 18.0. The number of rotatable bonds is 5. The molecule has 2 aliphatic rings. The minimum absolute atomic E-state index is 0.0363. The number of alkyl halides is 3. The second kappa shape index (κ2) is 7.31. The molecule has 0 aromatic heterocycles. The number of likely N-dealkylation sites (tertiary alicyclic amines) is 1. The van der Waals surface area contributed by atoms with Crippen LogP contribution >= 0.6 is 0 Å². The first-order valence-corrected chi connectivity index (χ1v) is 8.17. The summed E-state index contributed by atoms with van der Waals surface area (Å²) in [6.07, 6.45) is -4.39. The highest BCUT2D eigenvalue weighted by Gasteiger charge is 2.42. The van der Waals surface area contributed by atoms with E-state index in [1.54, 1.807) is 12.0 Å². The van der Waals surface area contributed by atoms with Crippen molar-refractivity contribution in [1.82, 2.24) is 9.80 Å². The summed E-state index contributed by atoms with van der Waals surface area (Å²) >= 11 is 0. The van der Waals surface area contributed by atoms with E-state index in [-0.39, 0.29) is 24.7 Å². The molecule has 0 radical (unpaired) electrons. The number of morpholine rings is 1. The van der Waals surface area contributed by atoms with Crippen LogP contribution in [0.15, 0.2) is 24.3 Å². The first kappa shape index (κ1) is 18.2. The van der Waals surface area contributed by atoms with Crippen LogP contribution in [0.2, 0.25) is 0 Å². The molecule has 2 heterocycles. The second-order valence-electron chi connectivity index (χ2n) is 6.39. The molecule has 25 heavy (non-hydrogen) atoms. The number of halogens is 3. The van der Waals surface area contributed by atoms with Crippen molar-refractivity contribution >= 4 is 5.91 Å². The monoisotopic (exact) mass is 358 g/mol. The van der Waals surface area contributed by atoms with Gasteiger partial charge in [0, 0.05) is 33.3 Å². The van der Waals surface area contributed by atoms with E-state index in [0.29, 0.717) is 32.8 Å². The van der Waals surface area contributed by atoms with Gasteiger partial charge in [0.15, 0.2) is 0 Å². The Morgan fingerprint density at radius 1 is 1.24 bits per heavy atom. The molecule has 8 heteroatoms. The average Bonchev–Trinajstić information content (AvgIpc) is 2.96. The Morgan fingerprint density at radius 2 is 1.96 bits per heavy atom. The van der Waals surface area contributed by atoms with Gasteiger partial charge in [-0.25, -0.2) is 0 Å². The third-order valence-corrected chi connectivity index (χ3v) is 4.68. The lowest BCUT2D eigenvalue weighted by Gasteiger charge is -2.36. The zero-order valence-corrected chi connectivity index (χ0v) is 14.0.